The van der Waals surface area contributed by atoms with Crippen LogP contribution in [0, 0.1) is 5.41 Å². The van der Waals surface area contributed by atoms with Crippen molar-refractivity contribution in [1.29, 1.82) is 0 Å². The van der Waals surface area contributed by atoms with Crippen LogP contribution >= 0.6 is 0 Å². The molecule has 0 N–H and O–H groups in total. The number of aromatic nitrogens is 2. The van der Waals surface area contributed by atoms with Gasteiger partial charge in [0.15, 0.2) is 0 Å². The molecule has 13 heavy (non-hydrogen) atoms. The second-order valence-electron chi connectivity index (χ2n) is 4.85. The molecule has 2 nitrogen and oxygen atoms in total. The Morgan fingerprint density at radius 2 is 1.92 bits per heavy atom. The van der Waals surface area contributed by atoms with Crippen LogP contribution in [0.15, 0.2) is 12.4 Å². The molecule has 0 saturated heterocycles. The molecular weight excluding hydrogens is 160 g/mol. The Labute approximate surface area is 79.4 Å². The Morgan fingerprint density at radius 1 is 1.23 bits per heavy atom. The van der Waals surface area contributed by atoms with Gasteiger partial charge in [-0.3, -0.25) is 9.97 Å². The Hall–Kier alpha value is -0.920. The van der Waals surface area contributed by atoms with Crippen LogP contribution in [0.3, 0.4) is 0 Å². The average molecular weight is 176 g/mol. The smallest absolute Gasteiger partial charge is 0.0654 e. The van der Waals surface area contributed by atoms with Gasteiger partial charge in [0, 0.05) is 18.3 Å². The summed E-state index contributed by atoms with van der Waals surface area (Å²) in [6, 6.07) is 0. The van der Waals surface area contributed by atoms with E-state index in [1.165, 1.54) is 17.8 Å². The van der Waals surface area contributed by atoms with Crippen LogP contribution in [0.2, 0.25) is 0 Å². The summed E-state index contributed by atoms with van der Waals surface area (Å²) in [4.78, 5) is 8.81. The third-order valence-corrected chi connectivity index (χ3v) is 2.85. The first-order chi connectivity index (χ1) is 6.09. The Kier molecular flexibility index (Phi) is 1.86. The summed E-state index contributed by atoms with van der Waals surface area (Å²) in [7, 11) is 0. The predicted octanol–water partition coefficient (Wildman–Crippen LogP) is 2.55. The summed E-state index contributed by atoms with van der Waals surface area (Å²) < 4.78 is 0. The Bertz CT molecular complexity index is 312. The van der Waals surface area contributed by atoms with Crippen molar-refractivity contribution in [2.75, 3.05) is 0 Å². The molecule has 2 rings (SSSR count). The molecule has 1 atom stereocenters. The number of hydrogen-bond donors (Lipinski definition) is 0. The van der Waals surface area contributed by atoms with Crippen LogP contribution in [0.1, 0.15) is 44.5 Å². The molecule has 0 bridgehead atoms. The highest BCUT2D eigenvalue weighted by Crippen LogP contribution is 2.42. The quantitative estimate of drug-likeness (QED) is 0.607. The van der Waals surface area contributed by atoms with Gasteiger partial charge in [0.1, 0.15) is 0 Å². The Balaban J connectivity index is 2.39. The highest BCUT2D eigenvalue weighted by Gasteiger charge is 2.33. The summed E-state index contributed by atoms with van der Waals surface area (Å²) in [6.45, 7) is 6.84. The highest BCUT2D eigenvalue weighted by molar-refractivity contribution is 5.23. The largest absolute Gasteiger partial charge is 0.258 e. The predicted molar refractivity (Wildman–Crippen MR) is 52.5 cm³/mol. The summed E-state index contributed by atoms with van der Waals surface area (Å²) in [6.07, 6.45) is 5.92. The summed E-state index contributed by atoms with van der Waals surface area (Å²) in [5, 5.41) is 0. The lowest BCUT2D eigenvalue weighted by Crippen LogP contribution is -2.16. The van der Waals surface area contributed by atoms with Crippen molar-refractivity contribution >= 4 is 0 Å². The normalized spacial score (nSPS) is 21.6. The maximum absolute atomic E-state index is 4.44. The lowest BCUT2D eigenvalue weighted by molar-refractivity contribution is 0.314. The minimum atomic E-state index is 0.321. The first-order valence-corrected chi connectivity index (χ1v) is 4.89. The minimum Gasteiger partial charge on any atom is -0.258 e. The number of aryl methyl sites for hydroxylation is 1. The standard InChI is InChI=1S/C11H16N2/c1-11(2,3)8-4-5-9-10(8)13-7-6-12-9/h6-8H,4-5H2,1-3H3. The molecule has 70 valence electrons. The van der Waals surface area contributed by atoms with Gasteiger partial charge in [-0.25, -0.2) is 0 Å². The van der Waals surface area contributed by atoms with E-state index in [1.807, 2.05) is 6.20 Å². The van der Waals surface area contributed by atoms with Gasteiger partial charge in [0.05, 0.1) is 11.4 Å². The molecule has 1 aliphatic carbocycles. The molecule has 0 saturated carbocycles. The SMILES string of the molecule is CC(C)(C)C1CCc2nccnc21. The van der Waals surface area contributed by atoms with Gasteiger partial charge < -0.3 is 0 Å². The van der Waals surface area contributed by atoms with Gasteiger partial charge in [-0.2, -0.15) is 0 Å². The van der Waals surface area contributed by atoms with E-state index in [0.29, 0.717) is 11.3 Å². The van der Waals surface area contributed by atoms with Crippen LogP contribution < -0.4 is 0 Å². The number of fused-ring (bicyclic) bond motifs is 1. The second-order valence-corrected chi connectivity index (χ2v) is 4.85. The molecule has 0 radical (unpaired) electrons. The molecule has 2 heteroatoms. The minimum absolute atomic E-state index is 0.321. The first kappa shape index (κ1) is 8.67. The molecule has 0 amide bonds. The van der Waals surface area contributed by atoms with Crippen molar-refractivity contribution in [3.8, 4) is 0 Å². The zero-order valence-electron chi connectivity index (χ0n) is 8.54. The molecule has 0 aliphatic heterocycles. The number of hydrogen-bond acceptors (Lipinski definition) is 2. The third kappa shape index (κ3) is 1.45. The van der Waals surface area contributed by atoms with E-state index in [9.17, 15) is 0 Å². The molecular formula is C11H16N2. The van der Waals surface area contributed by atoms with Crippen molar-refractivity contribution in [2.45, 2.75) is 39.5 Å². The van der Waals surface area contributed by atoms with Crippen LogP contribution in [0.5, 0.6) is 0 Å². The highest BCUT2D eigenvalue weighted by atomic mass is 14.8. The van der Waals surface area contributed by atoms with Gasteiger partial charge >= 0.3 is 0 Å². The van der Waals surface area contributed by atoms with E-state index in [2.05, 4.69) is 30.7 Å². The topological polar surface area (TPSA) is 25.8 Å². The number of nitrogens with zero attached hydrogens (tertiary/aromatic N) is 2. The van der Waals surface area contributed by atoms with Crippen molar-refractivity contribution in [1.82, 2.24) is 9.97 Å². The van der Waals surface area contributed by atoms with E-state index >= 15 is 0 Å². The van der Waals surface area contributed by atoms with Crippen LogP contribution in [-0.4, -0.2) is 9.97 Å². The van der Waals surface area contributed by atoms with Gasteiger partial charge in [0.2, 0.25) is 0 Å². The van der Waals surface area contributed by atoms with Gasteiger partial charge in [-0.1, -0.05) is 20.8 Å². The first-order valence-electron chi connectivity index (χ1n) is 4.89. The lowest BCUT2D eigenvalue weighted by Gasteiger charge is -2.26. The van der Waals surface area contributed by atoms with Crippen molar-refractivity contribution in [3.63, 3.8) is 0 Å². The van der Waals surface area contributed by atoms with E-state index in [0.717, 1.165) is 6.42 Å². The van der Waals surface area contributed by atoms with Crippen molar-refractivity contribution < 1.29 is 0 Å². The van der Waals surface area contributed by atoms with E-state index < -0.39 is 0 Å². The average Bonchev–Trinajstić information content (AvgIpc) is 2.45. The Morgan fingerprint density at radius 3 is 2.62 bits per heavy atom. The maximum Gasteiger partial charge on any atom is 0.0654 e. The molecule has 1 aromatic heterocycles. The van der Waals surface area contributed by atoms with E-state index in [4.69, 9.17) is 0 Å². The molecule has 1 aliphatic rings. The van der Waals surface area contributed by atoms with Gasteiger partial charge in [0.25, 0.3) is 0 Å². The van der Waals surface area contributed by atoms with Gasteiger partial charge in [-0.15, -0.1) is 0 Å². The van der Waals surface area contributed by atoms with Crippen molar-refractivity contribution in [2.24, 2.45) is 5.41 Å². The molecule has 1 unspecified atom stereocenters. The molecule has 0 fully saturated rings. The number of rotatable bonds is 0. The maximum atomic E-state index is 4.44. The molecule has 0 spiro atoms. The van der Waals surface area contributed by atoms with Crippen LogP contribution in [-0.2, 0) is 6.42 Å². The van der Waals surface area contributed by atoms with Crippen molar-refractivity contribution in [3.05, 3.63) is 23.8 Å². The lowest BCUT2D eigenvalue weighted by atomic mass is 9.79. The van der Waals surface area contributed by atoms with Crippen LogP contribution in [0.4, 0.5) is 0 Å². The molecule has 1 aromatic rings. The fourth-order valence-corrected chi connectivity index (χ4v) is 2.12. The zero-order valence-corrected chi connectivity index (χ0v) is 8.54. The summed E-state index contributed by atoms with van der Waals surface area (Å²) in [5.74, 6) is 0.594. The molecule has 1 heterocycles. The van der Waals surface area contributed by atoms with E-state index in [1.54, 1.807) is 6.20 Å². The fourth-order valence-electron chi connectivity index (χ4n) is 2.12. The zero-order chi connectivity index (χ0) is 9.47. The van der Waals surface area contributed by atoms with Crippen LogP contribution in [0.25, 0.3) is 0 Å². The summed E-state index contributed by atoms with van der Waals surface area (Å²) >= 11 is 0. The monoisotopic (exact) mass is 176 g/mol. The van der Waals surface area contributed by atoms with E-state index in [-0.39, 0.29) is 0 Å². The second kappa shape index (κ2) is 2.79. The third-order valence-electron chi connectivity index (χ3n) is 2.85. The van der Waals surface area contributed by atoms with Gasteiger partial charge in [-0.05, 0) is 18.3 Å². The summed E-state index contributed by atoms with van der Waals surface area (Å²) in [5.41, 5.74) is 2.76. The molecule has 0 aromatic carbocycles. The fraction of sp³-hybridized carbons (Fsp3) is 0.636.